The number of benzene rings is 2. The minimum atomic E-state index is -1.20. The second-order valence-corrected chi connectivity index (χ2v) is 11.0. The molecule has 7 heteroatoms. The van der Waals surface area contributed by atoms with Crippen molar-refractivity contribution in [3.8, 4) is 0 Å². The van der Waals surface area contributed by atoms with Crippen LogP contribution in [0, 0.1) is 5.82 Å². The number of H-pyrrole nitrogens is 1. The number of carbonyl (C=O) groups is 1. The Bertz CT molecular complexity index is 1150. The van der Waals surface area contributed by atoms with Gasteiger partial charge in [-0.2, -0.15) is 0 Å². The summed E-state index contributed by atoms with van der Waals surface area (Å²) in [5.41, 5.74) is 1.62. The smallest absolute Gasteiger partial charge is 0.332 e. The molecule has 2 N–H and O–H groups in total. The molecule has 4 rings (SSSR count). The molecule has 0 spiro atoms. The molecule has 1 aliphatic heterocycles. The number of halogens is 1. The van der Waals surface area contributed by atoms with E-state index in [1.807, 2.05) is 6.07 Å². The van der Waals surface area contributed by atoms with Crippen molar-refractivity contribution in [3.63, 3.8) is 0 Å². The molecular formula is C24H25FN2O2S2. The van der Waals surface area contributed by atoms with Gasteiger partial charge in [-0.3, -0.25) is 4.99 Å². The lowest BCUT2D eigenvalue weighted by Gasteiger charge is -2.19. The van der Waals surface area contributed by atoms with Crippen LogP contribution in [0.5, 0.6) is 0 Å². The standard InChI is InChI=1S/C24H25FN2O2S2/c1-23(2,3)16-5-8-19(9-6-16)30-13-21-27-24(14-31-21,22(28)29)12-18-10-15-4-7-17(25)11-20(15)26-18/h4-11,26H,12-14H2,1-3H3,(H,28,29). The number of fused-ring (bicyclic) bond motifs is 1. The van der Waals surface area contributed by atoms with E-state index in [1.54, 1.807) is 17.8 Å². The molecule has 4 nitrogen and oxygen atoms in total. The molecule has 0 aliphatic carbocycles. The maximum Gasteiger partial charge on any atom is 0.332 e. The Labute approximate surface area is 189 Å². The SMILES string of the molecule is CC(C)(C)c1ccc(SCC2=NC(Cc3cc4ccc(F)cc4[nH]3)(C(=O)O)CS2)cc1. The van der Waals surface area contributed by atoms with Crippen molar-refractivity contribution in [1.82, 2.24) is 4.98 Å². The van der Waals surface area contributed by atoms with Gasteiger partial charge in [0.15, 0.2) is 5.54 Å². The number of aromatic amines is 1. The summed E-state index contributed by atoms with van der Waals surface area (Å²) in [6.45, 7) is 6.57. The van der Waals surface area contributed by atoms with Crippen LogP contribution >= 0.6 is 23.5 Å². The molecule has 0 fully saturated rings. The number of nitrogens with zero attached hydrogens (tertiary/aromatic N) is 1. The summed E-state index contributed by atoms with van der Waals surface area (Å²) in [4.78, 5) is 21.1. The van der Waals surface area contributed by atoms with Crippen LogP contribution < -0.4 is 0 Å². The first-order chi connectivity index (χ1) is 14.6. The molecule has 0 saturated carbocycles. The summed E-state index contributed by atoms with van der Waals surface area (Å²) in [6, 6.07) is 14.9. The van der Waals surface area contributed by atoms with Crippen LogP contribution in [-0.2, 0) is 16.6 Å². The van der Waals surface area contributed by atoms with Crippen LogP contribution in [0.1, 0.15) is 32.0 Å². The minimum Gasteiger partial charge on any atom is -0.479 e. The van der Waals surface area contributed by atoms with E-state index in [0.717, 1.165) is 21.0 Å². The van der Waals surface area contributed by atoms with Crippen LogP contribution in [0.25, 0.3) is 10.9 Å². The van der Waals surface area contributed by atoms with Crippen LogP contribution in [0.4, 0.5) is 4.39 Å². The Morgan fingerprint density at radius 1 is 1.23 bits per heavy atom. The third kappa shape index (κ3) is 4.83. The molecule has 2 aromatic carbocycles. The molecule has 2 heterocycles. The number of hydrogen-bond acceptors (Lipinski definition) is 4. The van der Waals surface area contributed by atoms with Gasteiger partial charge in [0.2, 0.25) is 0 Å². The quantitative estimate of drug-likeness (QED) is 0.453. The van der Waals surface area contributed by atoms with Gasteiger partial charge in [0.05, 0.1) is 5.04 Å². The van der Waals surface area contributed by atoms with Crippen molar-refractivity contribution < 1.29 is 14.3 Å². The van der Waals surface area contributed by atoms with E-state index in [1.165, 1.54) is 29.5 Å². The van der Waals surface area contributed by atoms with Crippen molar-refractivity contribution in [2.45, 2.75) is 43.0 Å². The Kier molecular flexibility index (Phi) is 5.92. The van der Waals surface area contributed by atoms with Crippen LogP contribution in [0.2, 0.25) is 0 Å². The van der Waals surface area contributed by atoms with E-state index in [-0.39, 0.29) is 17.7 Å². The average molecular weight is 457 g/mol. The Hall–Kier alpha value is -2.25. The molecule has 0 bridgehead atoms. The summed E-state index contributed by atoms with van der Waals surface area (Å²) in [5.74, 6) is -0.213. The van der Waals surface area contributed by atoms with Crippen molar-refractivity contribution in [2.75, 3.05) is 11.5 Å². The highest BCUT2D eigenvalue weighted by Gasteiger charge is 2.43. The number of hydrogen-bond donors (Lipinski definition) is 2. The highest BCUT2D eigenvalue weighted by Crippen LogP contribution is 2.35. The molecule has 162 valence electrons. The van der Waals surface area contributed by atoms with Crippen LogP contribution in [0.15, 0.2) is 58.4 Å². The van der Waals surface area contributed by atoms with E-state index in [2.05, 4.69) is 55.0 Å². The Morgan fingerprint density at radius 2 is 1.97 bits per heavy atom. The molecule has 3 aromatic rings. The third-order valence-electron chi connectivity index (χ3n) is 5.42. The van der Waals surface area contributed by atoms with E-state index < -0.39 is 11.5 Å². The molecule has 31 heavy (non-hydrogen) atoms. The maximum absolute atomic E-state index is 13.5. The number of rotatable bonds is 6. The fourth-order valence-corrected chi connectivity index (χ4v) is 5.75. The number of aliphatic carboxylic acids is 1. The third-order valence-corrected chi connectivity index (χ3v) is 7.82. The normalized spacial score (nSPS) is 19.0. The predicted molar refractivity (Wildman–Crippen MR) is 128 cm³/mol. The summed E-state index contributed by atoms with van der Waals surface area (Å²) in [5, 5.41) is 11.7. The molecule has 1 atom stereocenters. The zero-order valence-electron chi connectivity index (χ0n) is 17.7. The summed E-state index contributed by atoms with van der Waals surface area (Å²) in [6.07, 6.45) is 0.250. The lowest BCUT2D eigenvalue weighted by Crippen LogP contribution is -2.39. The van der Waals surface area contributed by atoms with Crippen molar-refractivity contribution in [2.24, 2.45) is 4.99 Å². The molecular weight excluding hydrogens is 431 g/mol. The largest absolute Gasteiger partial charge is 0.479 e. The second kappa shape index (κ2) is 8.36. The first kappa shape index (κ1) is 22.0. The Morgan fingerprint density at radius 3 is 2.65 bits per heavy atom. The topological polar surface area (TPSA) is 65.5 Å². The second-order valence-electron chi connectivity index (χ2n) is 8.90. The van der Waals surface area contributed by atoms with E-state index >= 15 is 0 Å². The first-order valence-electron chi connectivity index (χ1n) is 10.1. The van der Waals surface area contributed by atoms with Crippen LogP contribution in [-0.4, -0.2) is 38.1 Å². The fourth-order valence-electron chi connectivity index (χ4n) is 3.62. The molecule has 0 radical (unpaired) electrons. The molecule has 1 aliphatic rings. The van der Waals surface area contributed by atoms with Gasteiger partial charge in [0.25, 0.3) is 0 Å². The first-order valence-corrected chi connectivity index (χ1v) is 12.1. The Balaban J connectivity index is 1.48. The van der Waals surface area contributed by atoms with E-state index in [9.17, 15) is 14.3 Å². The van der Waals surface area contributed by atoms with Gasteiger partial charge in [-0.15, -0.1) is 23.5 Å². The van der Waals surface area contributed by atoms with Gasteiger partial charge in [0, 0.05) is 34.0 Å². The molecule has 1 aromatic heterocycles. The number of aliphatic imine (C=N–C) groups is 1. The monoisotopic (exact) mass is 456 g/mol. The fraction of sp³-hybridized carbons (Fsp3) is 0.333. The van der Waals surface area contributed by atoms with Gasteiger partial charge in [0.1, 0.15) is 5.82 Å². The molecule has 0 saturated heterocycles. The van der Waals surface area contributed by atoms with Gasteiger partial charge in [-0.25, -0.2) is 9.18 Å². The van der Waals surface area contributed by atoms with E-state index in [0.29, 0.717) is 17.0 Å². The lowest BCUT2D eigenvalue weighted by atomic mass is 9.87. The average Bonchev–Trinajstić information content (AvgIpc) is 3.30. The lowest BCUT2D eigenvalue weighted by molar-refractivity contribution is -0.142. The zero-order valence-corrected chi connectivity index (χ0v) is 19.4. The van der Waals surface area contributed by atoms with Gasteiger partial charge >= 0.3 is 5.97 Å². The summed E-state index contributed by atoms with van der Waals surface area (Å²) in [7, 11) is 0. The van der Waals surface area contributed by atoms with Gasteiger partial charge in [-0.1, -0.05) is 32.9 Å². The van der Waals surface area contributed by atoms with Crippen molar-refractivity contribution in [1.29, 1.82) is 0 Å². The van der Waals surface area contributed by atoms with Crippen molar-refractivity contribution in [3.05, 3.63) is 65.6 Å². The highest BCUT2D eigenvalue weighted by atomic mass is 32.2. The number of carboxylic acids is 1. The highest BCUT2D eigenvalue weighted by molar-refractivity contribution is 8.16. The number of thioether (sulfide) groups is 2. The maximum atomic E-state index is 13.5. The van der Waals surface area contributed by atoms with Crippen LogP contribution in [0.3, 0.4) is 0 Å². The van der Waals surface area contributed by atoms with Crippen molar-refractivity contribution >= 4 is 45.4 Å². The molecule has 0 amide bonds. The number of nitrogens with one attached hydrogen (secondary N) is 1. The number of aromatic nitrogens is 1. The molecule has 1 unspecified atom stereocenters. The predicted octanol–water partition coefficient (Wildman–Crippen LogP) is 5.91. The van der Waals surface area contributed by atoms with E-state index in [4.69, 9.17) is 0 Å². The minimum absolute atomic E-state index is 0.115. The van der Waals surface area contributed by atoms with Gasteiger partial charge in [-0.05, 0) is 52.8 Å². The van der Waals surface area contributed by atoms with Gasteiger partial charge < -0.3 is 10.1 Å². The number of carboxylic acid groups (broad SMARTS) is 1. The summed E-state index contributed by atoms with van der Waals surface area (Å²) >= 11 is 3.17. The zero-order chi connectivity index (χ0) is 22.2. The summed E-state index contributed by atoms with van der Waals surface area (Å²) < 4.78 is 13.5.